The van der Waals surface area contributed by atoms with Gasteiger partial charge in [0.05, 0.1) is 18.6 Å². The molecule has 2 saturated heterocycles. The number of fused-ring (bicyclic) bond motifs is 1. The van der Waals surface area contributed by atoms with Crippen LogP contribution in [0.2, 0.25) is 16.6 Å². The minimum atomic E-state index is -3.82. The van der Waals surface area contributed by atoms with Crippen LogP contribution in [0.4, 0.5) is 0 Å². The van der Waals surface area contributed by atoms with Crippen molar-refractivity contribution in [3.63, 3.8) is 0 Å². The van der Waals surface area contributed by atoms with E-state index in [0.29, 0.717) is 16.6 Å². The second kappa shape index (κ2) is 10.4. The van der Waals surface area contributed by atoms with Crippen LogP contribution in [0.5, 0.6) is 0 Å². The first-order valence-electron chi connectivity index (χ1n) is 12.3. The molecule has 206 valence electrons. The van der Waals surface area contributed by atoms with Crippen molar-refractivity contribution in [3.05, 3.63) is 32.6 Å². The van der Waals surface area contributed by atoms with Crippen molar-refractivity contribution in [3.8, 4) is 0 Å². The normalized spacial score (nSPS) is 26.3. The van der Waals surface area contributed by atoms with Gasteiger partial charge in [0, 0.05) is 6.07 Å². The zero-order valence-electron chi connectivity index (χ0n) is 22.6. The Morgan fingerprint density at radius 3 is 2.14 bits per heavy atom. The van der Waals surface area contributed by atoms with E-state index in [1.54, 1.807) is 13.8 Å². The maximum atomic E-state index is 12.9. The van der Waals surface area contributed by atoms with Crippen LogP contribution in [0.1, 0.15) is 67.3 Å². The highest BCUT2D eigenvalue weighted by Gasteiger charge is 2.57. The molecular formula is C23H40N2O9SSi. The fourth-order valence-corrected chi connectivity index (χ4v) is 11.6. The Bertz CT molecular complexity index is 1140. The lowest BCUT2D eigenvalue weighted by Gasteiger charge is -2.43. The Hall–Kier alpha value is -1.35. The molecule has 36 heavy (non-hydrogen) atoms. The molecule has 0 unspecified atom stereocenters. The quantitative estimate of drug-likeness (QED) is 0.346. The molecule has 2 fully saturated rings. The van der Waals surface area contributed by atoms with Crippen molar-refractivity contribution in [2.45, 2.75) is 109 Å². The van der Waals surface area contributed by atoms with Gasteiger partial charge in [-0.15, -0.1) is 0 Å². The number of aromatic amines is 1. The number of aromatic nitrogens is 2. The van der Waals surface area contributed by atoms with Gasteiger partial charge in [-0.25, -0.2) is 4.79 Å². The molecule has 2 aliphatic rings. The van der Waals surface area contributed by atoms with Gasteiger partial charge < -0.3 is 18.6 Å². The molecule has 0 spiro atoms. The third kappa shape index (κ3) is 5.87. The molecule has 0 aromatic carbocycles. The summed E-state index contributed by atoms with van der Waals surface area (Å²) in [5.41, 5.74) is -0.299. The van der Waals surface area contributed by atoms with Gasteiger partial charge in [-0.1, -0.05) is 41.5 Å². The van der Waals surface area contributed by atoms with Crippen LogP contribution >= 0.6 is 0 Å². The van der Waals surface area contributed by atoms with Crippen molar-refractivity contribution >= 4 is 18.4 Å². The topological polar surface area (TPSA) is 135 Å². The van der Waals surface area contributed by atoms with E-state index in [9.17, 15) is 18.0 Å². The van der Waals surface area contributed by atoms with E-state index in [-0.39, 0.29) is 12.3 Å². The first-order valence-corrected chi connectivity index (χ1v) is 16.3. The van der Waals surface area contributed by atoms with Crippen LogP contribution in [-0.2, 0) is 39.5 Å². The number of nitrogens with zero attached hydrogens (tertiary/aromatic N) is 1. The number of hydrogen-bond donors (Lipinski definition) is 1. The summed E-state index contributed by atoms with van der Waals surface area (Å²) in [6.45, 7) is 16.5. The second-order valence-corrected chi connectivity index (χ2v) is 18.1. The number of hydrogen-bond acceptors (Lipinski definition) is 9. The fraction of sp³-hybridized carbons (Fsp3) is 0.826. The Morgan fingerprint density at radius 1 is 1.06 bits per heavy atom. The van der Waals surface area contributed by atoms with Gasteiger partial charge in [0.25, 0.3) is 15.7 Å². The molecule has 0 amide bonds. The lowest BCUT2D eigenvalue weighted by atomic mass is 10.1. The highest BCUT2D eigenvalue weighted by molar-refractivity contribution is 7.85. The summed E-state index contributed by atoms with van der Waals surface area (Å²) in [7, 11) is -6.04. The molecule has 0 saturated carbocycles. The lowest BCUT2D eigenvalue weighted by Crippen LogP contribution is -2.50. The van der Waals surface area contributed by atoms with Gasteiger partial charge in [-0.2, -0.15) is 8.42 Å². The number of H-pyrrole nitrogens is 1. The molecule has 0 radical (unpaired) electrons. The zero-order valence-corrected chi connectivity index (χ0v) is 24.4. The molecule has 2 aliphatic heterocycles. The maximum Gasteiger partial charge on any atom is 0.330 e. The Labute approximate surface area is 213 Å². The van der Waals surface area contributed by atoms with E-state index in [1.807, 2.05) is 0 Å². The van der Waals surface area contributed by atoms with Crippen LogP contribution in [0.3, 0.4) is 0 Å². The van der Waals surface area contributed by atoms with Crippen molar-refractivity contribution in [2.75, 3.05) is 12.9 Å². The zero-order chi connectivity index (χ0) is 27.2. The Morgan fingerprint density at radius 2 is 1.61 bits per heavy atom. The van der Waals surface area contributed by atoms with E-state index in [0.717, 1.165) is 12.3 Å². The van der Waals surface area contributed by atoms with Gasteiger partial charge in [-0.05, 0) is 30.5 Å². The van der Waals surface area contributed by atoms with Gasteiger partial charge in [0.2, 0.25) is 0 Å². The third-order valence-corrected chi connectivity index (χ3v) is 13.7. The van der Waals surface area contributed by atoms with E-state index in [1.165, 1.54) is 4.57 Å². The summed E-state index contributed by atoms with van der Waals surface area (Å²) in [4.78, 5) is 27.1. The van der Waals surface area contributed by atoms with Crippen LogP contribution in [0, 0.1) is 0 Å². The number of rotatable bonds is 10. The predicted octanol–water partition coefficient (Wildman–Crippen LogP) is 2.62. The molecule has 1 aromatic heterocycles. The van der Waals surface area contributed by atoms with Crippen LogP contribution in [0.25, 0.3) is 0 Å². The third-order valence-electron chi connectivity index (χ3n) is 7.06. The minimum absolute atomic E-state index is 0.0445. The van der Waals surface area contributed by atoms with Crippen molar-refractivity contribution in [2.24, 2.45) is 0 Å². The van der Waals surface area contributed by atoms with E-state index in [2.05, 4.69) is 46.5 Å². The molecule has 0 aliphatic carbocycles. The number of ether oxygens (including phenoxy) is 3. The molecule has 13 heteroatoms. The number of nitrogens with one attached hydrogen (secondary N) is 1. The van der Waals surface area contributed by atoms with Gasteiger partial charge >= 0.3 is 5.69 Å². The lowest BCUT2D eigenvalue weighted by molar-refractivity contribution is -0.200. The smallest absolute Gasteiger partial charge is 0.330 e. The van der Waals surface area contributed by atoms with E-state index in [4.69, 9.17) is 22.8 Å². The summed E-state index contributed by atoms with van der Waals surface area (Å²) in [6.07, 6.45) is -1.87. The first kappa shape index (κ1) is 29.2. The average Bonchev–Trinajstić information content (AvgIpc) is 3.18. The molecule has 4 atom stereocenters. The molecule has 11 nitrogen and oxygen atoms in total. The molecule has 3 rings (SSSR count). The highest BCUT2D eigenvalue weighted by Crippen LogP contribution is 2.46. The minimum Gasteiger partial charge on any atom is -0.413 e. The van der Waals surface area contributed by atoms with Crippen molar-refractivity contribution < 1.29 is 31.2 Å². The van der Waals surface area contributed by atoms with Crippen molar-refractivity contribution in [1.82, 2.24) is 9.55 Å². The van der Waals surface area contributed by atoms with E-state index < -0.39 is 66.6 Å². The van der Waals surface area contributed by atoms with Gasteiger partial charge in [-0.3, -0.25) is 18.5 Å². The summed E-state index contributed by atoms with van der Waals surface area (Å²) in [6, 6.07) is 1.12. The predicted molar refractivity (Wildman–Crippen MR) is 136 cm³/mol. The second-order valence-electron chi connectivity index (χ2n) is 11.0. The summed E-state index contributed by atoms with van der Waals surface area (Å²) < 4.78 is 54.6. The summed E-state index contributed by atoms with van der Waals surface area (Å²) in [5.74, 6) is -0.937. The Balaban J connectivity index is 1.98. The van der Waals surface area contributed by atoms with Gasteiger partial charge in [0.15, 0.2) is 20.3 Å². The van der Waals surface area contributed by atoms with Crippen LogP contribution in [-0.4, -0.2) is 63.2 Å². The fourth-order valence-electron chi connectivity index (χ4n) is 5.84. The molecular weight excluding hydrogens is 508 g/mol. The summed E-state index contributed by atoms with van der Waals surface area (Å²) >= 11 is 0. The summed E-state index contributed by atoms with van der Waals surface area (Å²) in [5, 5.41) is 0. The highest BCUT2D eigenvalue weighted by atomic mass is 32.2. The molecule has 0 bridgehead atoms. The first-order chi connectivity index (χ1) is 16.5. The van der Waals surface area contributed by atoms with Crippen LogP contribution in [0.15, 0.2) is 15.7 Å². The molecule has 3 heterocycles. The largest absolute Gasteiger partial charge is 0.413 e. The SMILES string of the molecule is CC(C)[Si](OC[C@H]1O[C@@H](n2c(COS(C)(=O)=O)cc(=O)[nH]c2=O)[C@@H]2OC(C)(C)O[C@@H]21)(C(C)C)C(C)C. The standard InChI is InChI=1S/C23H40N2O9SSi/c1-13(2)36(14(3)4,15(5)6)31-12-17-19-20(34-23(7,8)33-19)21(32-17)25-16(11-30-35(9,28)29)10-18(26)24-22(25)27/h10,13-15,17,19-21H,11-12H2,1-9H3,(H,24,26,27)/t17-,19-,20-,21-/m1/s1. The van der Waals surface area contributed by atoms with Crippen molar-refractivity contribution in [1.29, 1.82) is 0 Å². The molecule has 1 aromatic rings. The van der Waals surface area contributed by atoms with E-state index >= 15 is 0 Å². The monoisotopic (exact) mass is 548 g/mol. The Kier molecular flexibility index (Phi) is 8.46. The average molecular weight is 549 g/mol. The van der Waals surface area contributed by atoms with Crippen LogP contribution < -0.4 is 11.2 Å². The molecule has 1 N–H and O–H groups in total. The van der Waals surface area contributed by atoms with Gasteiger partial charge in [0.1, 0.15) is 24.9 Å². The maximum absolute atomic E-state index is 12.9.